The molecule has 9 aliphatic heterocycles. The highest BCUT2D eigenvalue weighted by molar-refractivity contribution is 7.01. The fraction of sp³-hybridized carbons (Fsp3) is 0.917. The summed E-state index contributed by atoms with van der Waals surface area (Å²) < 4.78 is 78.6. The van der Waals surface area contributed by atoms with Gasteiger partial charge in [0.1, 0.15) is 0 Å². The van der Waals surface area contributed by atoms with Gasteiger partial charge in [-0.15, -0.1) is 0 Å². The van der Waals surface area contributed by atoms with E-state index in [1.165, 1.54) is 6.42 Å². The molecule has 10 fully saturated rings. The first-order valence-corrected chi connectivity index (χ1v) is 33.0. The molecule has 0 amide bonds. The number of hydrogen-bond acceptors (Lipinski definition) is 12. The molecule has 11 aliphatic rings. The molecule has 8 bridgehead atoms. The minimum absolute atomic E-state index is 0.270. The molecule has 252 valence electrons. The Morgan fingerprint density at radius 2 is 0.977 bits per heavy atom. The highest BCUT2D eigenvalue weighted by Gasteiger charge is 2.79. The van der Waals surface area contributed by atoms with Crippen LogP contribution in [0.2, 0.25) is 54.9 Å². The molecule has 11 rings (SSSR count). The molecule has 1 N–H and O–H groups in total. The SMILES string of the molecule is CC[Si]1(C)O[Si](O)(CC)O[Si]2(CCC3CC4C=CC3C4)O[Si]3(CC)O[Si]4(CC)O[Si](CC)(O1)O[Si](CC)(O3)O[Si](CC)(O2)O4. The van der Waals surface area contributed by atoms with Gasteiger partial charge in [-0.05, 0) is 49.6 Å². The normalized spacial score (nSPS) is 53.2. The predicted octanol–water partition coefficient (Wildman–Crippen LogP) is 5.60. The molecule has 0 aromatic carbocycles. The quantitative estimate of drug-likeness (QED) is 0.221. The summed E-state index contributed by atoms with van der Waals surface area (Å²) in [6.07, 6.45) is 7.89. The lowest BCUT2D eigenvalue weighted by Gasteiger charge is -2.60. The third-order valence-electron chi connectivity index (χ3n) is 10.0. The van der Waals surface area contributed by atoms with Gasteiger partial charge in [-0.25, -0.2) is 0 Å². The molecule has 0 spiro atoms. The Balaban J connectivity index is 1.56. The van der Waals surface area contributed by atoms with Crippen molar-refractivity contribution >= 4 is 70.2 Å². The summed E-state index contributed by atoms with van der Waals surface area (Å²) in [5, 5.41) is 0. The maximum atomic E-state index is 12.4. The van der Waals surface area contributed by atoms with Gasteiger partial charge in [0.15, 0.2) is 0 Å². The van der Waals surface area contributed by atoms with Crippen molar-refractivity contribution in [2.45, 2.75) is 123 Å². The van der Waals surface area contributed by atoms with E-state index in [9.17, 15) is 4.80 Å². The summed E-state index contributed by atoms with van der Waals surface area (Å²) in [4.78, 5) is 12.4. The van der Waals surface area contributed by atoms with Crippen LogP contribution in [0.5, 0.6) is 0 Å². The number of rotatable bonds is 10. The van der Waals surface area contributed by atoms with E-state index < -0.39 is 70.2 Å². The van der Waals surface area contributed by atoms with Crippen molar-refractivity contribution in [3.63, 3.8) is 0 Å². The molecule has 0 radical (unpaired) electrons. The van der Waals surface area contributed by atoms with Gasteiger partial charge in [0.05, 0.1) is 0 Å². The highest BCUT2D eigenvalue weighted by Crippen LogP contribution is 2.52. The van der Waals surface area contributed by atoms with E-state index in [1.807, 2.05) is 55.0 Å². The molecular formula is C24H52O12Si8. The van der Waals surface area contributed by atoms with E-state index in [0.717, 1.165) is 12.8 Å². The Bertz CT molecular complexity index is 1070. The molecule has 5 unspecified atom stereocenters. The lowest BCUT2D eigenvalue weighted by Crippen LogP contribution is -2.85. The lowest BCUT2D eigenvalue weighted by molar-refractivity contribution is -0.00775. The third kappa shape index (κ3) is 6.15. The summed E-state index contributed by atoms with van der Waals surface area (Å²) in [5.41, 5.74) is 0. The van der Waals surface area contributed by atoms with Gasteiger partial charge in [-0.3, -0.25) is 0 Å². The van der Waals surface area contributed by atoms with Crippen molar-refractivity contribution in [1.82, 2.24) is 0 Å². The third-order valence-corrected chi connectivity index (χ3v) is 45.8. The van der Waals surface area contributed by atoms with Crippen LogP contribution in [0.15, 0.2) is 12.2 Å². The first kappa shape index (κ1) is 34.8. The number of fused-ring (bicyclic) bond motifs is 2. The number of allylic oxidation sites excluding steroid dienone is 2. The van der Waals surface area contributed by atoms with Crippen LogP contribution in [0.1, 0.15) is 67.7 Å². The van der Waals surface area contributed by atoms with Crippen LogP contribution in [-0.4, -0.2) is 75.0 Å². The molecule has 1 saturated carbocycles. The fourth-order valence-electron chi connectivity index (χ4n) is 7.33. The zero-order valence-corrected chi connectivity index (χ0v) is 35.6. The molecule has 5 atom stereocenters. The molecular weight excluding hydrogens is 705 g/mol. The average Bonchev–Trinajstić information content (AvgIpc) is 3.60. The largest absolute Gasteiger partial charge is 0.481 e. The van der Waals surface area contributed by atoms with Gasteiger partial charge in [0, 0.05) is 42.3 Å². The summed E-state index contributed by atoms with van der Waals surface area (Å²) in [7, 11) is -29.3. The molecule has 2 aliphatic carbocycles. The molecule has 0 aromatic heterocycles. The maximum Gasteiger partial charge on any atom is 0.481 e. The van der Waals surface area contributed by atoms with Crippen molar-refractivity contribution in [2.24, 2.45) is 17.8 Å². The highest BCUT2D eigenvalue weighted by atomic mass is 28.6. The van der Waals surface area contributed by atoms with Crippen LogP contribution < -0.4 is 0 Å². The van der Waals surface area contributed by atoms with E-state index in [0.29, 0.717) is 60.1 Å². The molecule has 9 heterocycles. The second-order valence-corrected chi connectivity index (χ2v) is 39.4. The summed E-state index contributed by atoms with van der Waals surface area (Å²) in [6.45, 7) is 15.9. The van der Waals surface area contributed by atoms with E-state index in [-0.39, 0.29) is 6.04 Å². The second-order valence-electron chi connectivity index (χ2n) is 13.1. The van der Waals surface area contributed by atoms with Crippen LogP contribution in [-0.2, 0) is 45.3 Å². The fourth-order valence-corrected chi connectivity index (χ4v) is 53.5. The van der Waals surface area contributed by atoms with Crippen LogP contribution in [0, 0.1) is 17.8 Å². The Morgan fingerprint density at radius 3 is 1.34 bits per heavy atom. The topological polar surface area (TPSA) is 122 Å². The van der Waals surface area contributed by atoms with Crippen molar-refractivity contribution in [3.05, 3.63) is 12.2 Å². The minimum atomic E-state index is -3.95. The van der Waals surface area contributed by atoms with Crippen LogP contribution >= 0.6 is 0 Å². The maximum absolute atomic E-state index is 12.4. The molecule has 44 heavy (non-hydrogen) atoms. The van der Waals surface area contributed by atoms with Crippen molar-refractivity contribution in [2.75, 3.05) is 0 Å². The van der Waals surface area contributed by atoms with E-state index in [1.54, 1.807) is 0 Å². The van der Waals surface area contributed by atoms with E-state index >= 15 is 0 Å². The Labute approximate surface area is 271 Å². The van der Waals surface area contributed by atoms with Gasteiger partial charge < -0.3 is 50.1 Å². The second kappa shape index (κ2) is 12.1. The minimum Gasteiger partial charge on any atom is -0.394 e. The first-order valence-electron chi connectivity index (χ1n) is 16.9. The molecule has 20 heteroatoms. The van der Waals surface area contributed by atoms with E-state index in [4.69, 9.17) is 45.3 Å². The zero-order chi connectivity index (χ0) is 31.7. The first-order chi connectivity index (χ1) is 20.7. The van der Waals surface area contributed by atoms with Gasteiger partial charge in [-0.2, -0.15) is 0 Å². The predicted molar refractivity (Wildman–Crippen MR) is 178 cm³/mol. The number of hydrogen-bond donors (Lipinski definition) is 1. The molecule has 12 nitrogen and oxygen atoms in total. The van der Waals surface area contributed by atoms with Crippen molar-refractivity contribution in [1.29, 1.82) is 0 Å². The van der Waals surface area contributed by atoms with E-state index in [2.05, 4.69) is 12.2 Å². The van der Waals surface area contributed by atoms with Gasteiger partial charge in [0.2, 0.25) is 0 Å². The Hall–Kier alpha value is 0.995. The van der Waals surface area contributed by atoms with Crippen LogP contribution in [0.3, 0.4) is 0 Å². The molecule has 9 saturated heterocycles. The summed E-state index contributed by atoms with van der Waals surface area (Å²) >= 11 is 0. The van der Waals surface area contributed by atoms with Gasteiger partial charge >= 0.3 is 70.2 Å². The summed E-state index contributed by atoms with van der Waals surface area (Å²) in [5.74, 6) is 1.66. The Morgan fingerprint density at radius 1 is 0.523 bits per heavy atom. The monoisotopic (exact) mass is 756 g/mol. The van der Waals surface area contributed by atoms with Gasteiger partial charge in [0.25, 0.3) is 0 Å². The Kier molecular flexibility index (Phi) is 9.58. The molecule has 0 aromatic rings. The smallest absolute Gasteiger partial charge is 0.394 e. The zero-order valence-electron chi connectivity index (χ0n) is 27.6. The van der Waals surface area contributed by atoms with Gasteiger partial charge in [-0.1, -0.05) is 60.6 Å². The summed E-state index contributed by atoms with van der Waals surface area (Å²) in [6, 6.07) is 3.48. The van der Waals surface area contributed by atoms with Crippen molar-refractivity contribution in [3.8, 4) is 0 Å². The lowest BCUT2D eigenvalue weighted by atomic mass is 9.91. The van der Waals surface area contributed by atoms with Crippen LogP contribution in [0.25, 0.3) is 0 Å². The van der Waals surface area contributed by atoms with Crippen LogP contribution in [0.4, 0.5) is 0 Å². The van der Waals surface area contributed by atoms with Crippen molar-refractivity contribution < 1.29 is 50.1 Å². The average molecular weight is 757 g/mol. The standard InChI is InChI=1S/C24H52O12Si8/c1-9-37(8)26-38(25,10-2)28-44(19-18-24-21-22-16-17-23(24)20-22)35-42(14-6)31-40(12-4)29-39(11-3,27-37)30-41(13-5,33-42)34-43(15-7,32-40)36-44/h16-17,22-25H,9-15,18-21H2,1-8H3.